The third-order valence-corrected chi connectivity index (χ3v) is 7.77. The van der Waals surface area contributed by atoms with Gasteiger partial charge in [0, 0.05) is 26.2 Å². The van der Waals surface area contributed by atoms with E-state index in [1.165, 1.54) is 0 Å². The number of rotatable bonds is 5. The van der Waals surface area contributed by atoms with Crippen LogP contribution in [0.15, 0.2) is 23.1 Å². The summed E-state index contributed by atoms with van der Waals surface area (Å²) in [6.07, 6.45) is 1.52. The lowest BCUT2D eigenvalue weighted by atomic mass is 9.92. The van der Waals surface area contributed by atoms with Crippen molar-refractivity contribution >= 4 is 21.9 Å². The summed E-state index contributed by atoms with van der Waals surface area (Å²) in [4.78, 5) is 26.1. The molecule has 31 heavy (non-hydrogen) atoms. The molecular weight excluding hydrogens is 430 g/mol. The van der Waals surface area contributed by atoms with Crippen LogP contribution in [0, 0.1) is 29.4 Å². The summed E-state index contributed by atoms with van der Waals surface area (Å²) < 4.78 is 58.2. The minimum Gasteiger partial charge on any atom is -0.455 e. The fourth-order valence-electron chi connectivity index (χ4n) is 4.33. The van der Waals surface area contributed by atoms with E-state index in [1.54, 1.807) is 4.90 Å². The lowest BCUT2D eigenvalue weighted by molar-refractivity contribution is -0.157. The fraction of sp³-hybridized carbons (Fsp3) is 0.619. The Hall–Kier alpha value is -2.07. The molecule has 2 fully saturated rings. The predicted octanol–water partition coefficient (Wildman–Crippen LogP) is 2.41. The molecule has 2 heterocycles. The maximum absolute atomic E-state index is 13.4. The van der Waals surface area contributed by atoms with Crippen molar-refractivity contribution in [3.63, 3.8) is 0 Å². The predicted molar refractivity (Wildman–Crippen MR) is 108 cm³/mol. The smallest absolute Gasteiger partial charge is 0.309 e. The number of carbonyl (C=O) groups is 2. The van der Waals surface area contributed by atoms with Crippen LogP contribution in [-0.2, 0) is 24.3 Å². The van der Waals surface area contributed by atoms with E-state index < -0.39 is 33.5 Å². The third-order valence-electron chi connectivity index (χ3n) is 5.88. The maximum atomic E-state index is 13.4. The van der Waals surface area contributed by atoms with Gasteiger partial charge in [-0.1, -0.05) is 13.8 Å². The number of hydrogen-bond acceptors (Lipinski definition) is 5. The van der Waals surface area contributed by atoms with E-state index in [0.29, 0.717) is 31.0 Å². The van der Waals surface area contributed by atoms with Gasteiger partial charge in [-0.15, -0.1) is 0 Å². The summed E-state index contributed by atoms with van der Waals surface area (Å²) in [6.45, 7) is 5.27. The third kappa shape index (κ3) is 5.60. The average Bonchev–Trinajstić information content (AvgIpc) is 2.73. The molecule has 0 aliphatic carbocycles. The Morgan fingerprint density at radius 1 is 1.06 bits per heavy atom. The molecule has 2 aliphatic heterocycles. The van der Waals surface area contributed by atoms with Crippen LogP contribution in [0.3, 0.4) is 0 Å². The van der Waals surface area contributed by atoms with Crippen molar-refractivity contribution in [1.82, 2.24) is 9.21 Å². The van der Waals surface area contributed by atoms with Crippen molar-refractivity contribution in [2.24, 2.45) is 17.8 Å². The molecule has 0 aromatic heterocycles. The number of carbonyl (C=O) groups excluding carboxylic acids is 2. The molecular formula is C21H28F2N2O5S. The number of halogens is 2. The van der Waals surface area contributed by atoms with Crippen molar-refractivity contribution in [1.29, 1.82) is 0 Å². The number of likely N-dealkylation sites (tertiary alicyclic amines) is 1. The first kappa shape index (κ1) is 23.6. The number of sulfonamides is 1. The molecule has 3 rings (SSSR count). The number of ether oxygens (including phenoxy) is 1. The van der Waals surface area contributed by atoms with E-state index in [0.717, 1.165) is 22.9 Å². The molecule has 1 aromatic carbocycles. The first-order chi connectivity index (χ1) is 14.6. The Bertz CT molecular complexity index is 922. The van der Waals surface area contributed by atoms with Gasteiger partial charge in [-0.2, -0.15) is 4.31 Å². The SMILES string of the molecule is CC1CC(C)CN(C(=O)COC(=O)C2CCN(S(=O)(=O)c3ccc(F)c(F)c3)CC2)C1. The molecule has 7 nitrogen and oxygen atoms in total. The van der Waals surface area contributed by atoms with E-state index >= 15 is 0 Å². The Kier molecular flexibility index (Phi) is 7.31. The van der Waals surface area contributed by atoms with Gasteiger partial charge in [0.05, 0.1) is 10.8 Å². The van der Waals surface area contributed by atoms with Gasteiger partial charge < -0.3 is 9.64 Å². The highest BCUT2D eigenvalue weighted by molar-refractivity contribution is 7.89. The van der Waals surface area contributed by atoms with E-state index in [2.05, 4.69) is 13.8 Å². The Labute approximate surface area is 181 Å². The fourth-order valence-corrected chi connectivity index (χ4v) is 5.81. The van der Waals surface area contributed by atoms with E-state index in [1.807, 2.05) is 0 Å². The minimum atomic E-state index is -3.99. The molecule has 0 bridgehead atoms. The summed E-state index contributed by atoms with van der Waals surface area (Å²) in [6, 6.07) is 2.44. The highest BCUT2D eigenvalue weighted by Gasteiger charge is 2.34. The van der Waals surface area contributed by atoms with Crippen molar-refractivity contribution in [3.05, 3.63) is 29.8 Å². The Morgan fingerprint density at radius 3 is 2.26 bits per heavy atom. The lowest BCUT2D eigenvalue weighted by Gasteiger charge is -2.35. The van der Waals surface area contributed by atoms with Crippen LogP contribution in [0.25, 0.3) is 0 Å². The largest absolute Gasteiger partial charge is 0.455 e. The standard InChI is InChI=1S/C21H28F2N2O5S/c1-14-9-15(2)12-24(11-14)20(26)13-30-21(27)16-5-7-25(8-6-16)31(28,29)17-3-4-18(22)19(23)10-17/h3-4,10,14-16H,5-9,11-13H2,1-2H3. The monoisotopic (exact) mass is 458 g/mol. The molecule has 2 atom stereocenters. The zero-order chi connectivity index (χ0) is 22.8. The molecule has 1 aromatic rings. The quantitative estimate of drug-likeness (QED) is 0.633. The molecule has 10 heteroatoms. The number of benzene rings is 1. The van der Waals surface area contributed by atoms with Crippen LogP contribution in [0.1, 0.15) is 33.1 Å². The second-order valence-electron chi connectivity index (χ2n) is 8.61. The number of hydrogen-bond donors (Lipinski definition) is 0. The highest BCUT2D eigenvalue weighted by atomic mass is 32.2. The summed E-state index contributed by atoms with van der Waals surface area (Å²) in [5.41, 5.74) is 0. The lowest BCUT2D eigenvalue weighted by Crippen LogP contribution is -2.45. The zero-order valence-corrected chi connectivity index (χ0v) is 18.5. The molecule has 0 N–H and O–H groups in total. The van der Waals surface area contributed by atoms with Gasteiger partial charge in [0.25, 0.3) is 5.91 Å². The first-order valence-electron chi connectivity index (χ1n) is 10.5. The van der Waals surface area contributed by atoms with E-state index in [9.17, 15) is 26.8 Å². The van der Waals surface area contributed by atoms with Crippen molar-refractivity contribution in [3.8, 4) is 0 Å². The van der Waals surface area contributed by atoms with Crippen LogP contribution in [0.2, 0.25) is 0 Å². The van der Waals surface area contributed by atoms with Crippen molar-refractivity contribution in [2.75, 3.05) is 32.8 Å². The highest BCUT2D eigenvalue weighted by Crippen LogP contribution is 2.26. The Balaban J connectivity index is 1.50. The van der Waals surface area contributed by atoms with Gasteiger partial charge in [-0.05, 0) is 49.3 Å². The topological polar surface area (TPSA) is 84.0 Å². The maximum Gasteiger partial charge on any atom is 0.309 e. The molecule has 0 spiro atoms. The van der Waals surface area contributed by atoms with Crippen LogP contribution in [0.5, 0.6) is 0 Å². The Morgan fingerprint density at radius 2 is 1.68 bits per heavy atom. The number of nitrogens with zero attached hydrogens (tertiary/aromatic N) is 2. The molecule has 2 saturated heterocycles. The summed E-state index contributed by atoms with van der Waals surface area (Å²) >= 11 is 0. The molecule has 2 unspecified atom stereocenters. The summed E-state index contributed by atoms with van der Waals surface area (Å²) in [7, 11) is -3.99. The van der Waals surface area contributed by atoms with E-state index in [-0.39, 0.29) is 43.3 Å². The average molecular weight is 459 g/mol. The number of esters is 1. The first-order valence-corrected chi connectivity index (χ1v) is 11.9. The molecule has 0 radical (unpaired) electrons. The molecule has 172 valence electrons. The second-order valence-corrected chi connectivity index (χ2v) is 10.5. The van der Waals surface area contributed by atoms with Crippen LogP contribution in [0.4, 0.5) is 8.78 Å². The molecule has 2 aliphatic rings. The minimum absolute atomic E-state index is 0.0518. The number of amides is 1. The molecule has 1 amide bonds. The normalized spacial score (nSPS) is 23.5. The number of piperidine rings is 2. The van der Waals surface area contributed by atoms with Gasteiger partial charge in [0.15, 0.2) is 18.2 Å². The zero-order valence-electron chi connectivity index (χ0n) is 17.7. The summed E-state index contributed by atoms with van der Waals surface area (Å²) in [5, 5.41) is 0. The van der Waals surface area contributed by atoms with Crippen LogP contribution < -0.4 is 0 Å². The van der Waals surface area contributed by atoms with Crippen LogP contribution in [-0.4, -0.2) is 62.3 Å². The van der Waals surface area contributed by atoms with Gasteiger partial charge in [-0.3, -0.25) is 9.59 Å². The van der Waals surface area contributed by atoms with Crippen molar-refractivity contribution < 1.29 is 31.5 Å². The summed E-state index contributed by atoms with van der Waals surface area (Å²) in [5.74, 6) is -2.79. The van der Waals surface area contributed by atoms with Crippen molar-refractivity contribution in [2.45, 2.75) is 38.0 Å². The molecule has 0 saturated carbocycles. The second kappa shape index (κ2) is 9.60. The van der Waals surface area contributed by atoms with Gasteiger partial charge in [-0.25, -0.2) is 17.2 Å². The van der Waals surface area contributed by atoms with Gasteiger partial charge in [0.2, 0.25) is 10.0 Å². The van der Waals surface area contributed by atoms with Crippen LogP contribution >= 0.6 is 0 Å². The van der Waals surface area contributed by atoms with Gasteiger partial charge in [0.1, 0.15) is 0 Å². The van der Waals surface area contributed by atoms with E-state index in [4.69, 9.17) is 4.74 Å². The van der Waals surface area contributed by atoms with Gasteiger partial charge >= 0.3 is 5.97 Å².